The number of hydrogen-bond donors (Lipinski definition) is 2. The van der Waals surface area contributed by atoms with Gasteiger partial charge >= 0.3 is 0 Å². The van der Waals surface area contributed by atoms with Crippen LogP contribution >= 0.6 is 0 Å². The average Bonchev–Trinajstić information content (AvgIpc) is 3.14. The van der Waals surface area contributed by atoms with Gasteiger partial charge in [-0.25, -0.2) is 14.1 Å². The van der Waals surface area contributed by atoms with Gasteiger partial charge in [-0.05, 0) is 36.8 Å². The third kappa shape index (κ3) is 4.98. The molecule has 0 spiro atoms. The molecule has 0 amide bonds. The second kappa shape index (κ2) is 9.74. The monoisotopic (exact) mass is 451 g/mol. The van der Waals surface area contributed by atoms with Gasteiger partial charge in [0.1, 0.15) is 16.9 Å². The molecule has 0 fully saturated rings. The zero-order chi connectivity index (χ0) is 23.4. The van der Waals surface area contributed by atoms with Crippen LogP contribution in [0.25, 0.3) is 11.0 Å². The maximum absolute atomic E-state index is 14.4. The molecule has 0 aliphatic rings. The quantitative estimate of drug-likeness (QED) is 0.363. The van der Waals surface area contributed by atoms with Crippen molar-refractivity contribution < 1.29 is 18.6 Å². The number of nitrogen functional groups attached to an aromatic ring is 1. The van der Waals surface area contributed by atoms with E-state index < -0.39 is 5.82 Å². The van der Waals surface area contributed by atoms with Gasteiger partial charge in [-0.2, -0.15) is 5.10 Å². The Labute approximate surface area is 191 Å². The Kier molecular flexibility index (Phi) is 6.60. The predicted octanol–water partition coefficient (Wildman–Crippen LogP) is 4.45. The van der Waals surface area contributed by atoms with Crippen molar-refractivity contribution >= 4 is 22.5 Å². The van der Waals surface area contributed by atoms with Crippen molar-refractivity contribution in [3.63, 3.8) is 0 Å². The Hall–Kier alpha value is -3.85. The van der Waals surface area contributed by atoms with E-state index >= 15 is 0 Å². The minimum Gasteiger partial charge on any atom is -0.497 e. The number of methoxy groups -OCH3 is 2. The van der Waals surface area contributed by atoms with E-state index in [-0.39, 0.29) is 11.8 Å². The van der Waals surface area contributed by atoms with Crippen LogP contribution < -0.4 is 20.5 Å². The van der Waals surface area contributed by atoms with Crippen LogP contribution in [-0.4, -0.2) is 41.6 Å². The molecular weight excluding hydrogens is 425 g/mol. The Morgan fingerprint density at radius 3 is 2.58 bits per heavy atom. The number of pyridine rings is 1. The van der Waals surface area contributed by atoms with Gasteiger partial charge in [0, 0.05) is 37.2 Å². The van der Waals surface area contributed by atoms with E-state index in [2.05, 4.69) is 10.3 Å². The zero-order valence-electron chi connectivity index (χ0n) is 18.7. The second-order valence-corrected chi connectivity index (χ2v) is 7.65. The molecule has 0 saturated carbocycles. The summed E-state index contributed by atoms with van der Waals surface area (Å²) in [4.78, 5) is 4.53. The SMILES string of the molecule is COC[C@H](C)Nc1nn(Cc2ccc(OC)cc2)c2nccc(Oc3ccc(N)cc3F)c12. The fourth-order valence-corrected chi connectivity index (χ4v) is 3.51. The number of aromatic nitrogens is 3. The first-order valence-corrected chi connectivity index (χ1v) is 10.4. The number of nitrogens with zero attached hydrogens (tertiary/aromatic N) is 3. The largest absolute Gasteiger partial charge is 0.497 e. The smallest absolute Gasteiger partial charge is 0.167 e. The highest BCUT2D eigenvalue weighted by molar-refractivity contribution is 5.93. The van der Waals surface area contributed by atoms with Crippen LogP contribution in [0.1, 0.15) is 12.5 Å². The first-order valence-electron chi connectivity index (χ1n) is 10.4. The van der Waals surface area contributed by atoms with E-state index in [4.69, 9.17) is 25.0 Å². The van der Waals surface area contributed by atoms with Gasteiger partial charge in [-0.1, -0.05) is 12.1 Å². The van der Waals surface area contributed by atoms with Gasteiger partial charge in [0.25, 0.3) is 0 Å². The molecule has 2 heterocycles. The van der Waals surface area contributed by atoms with Crippen molar-refractivity contribution in [1.82, 2.24) is 14.8 Å². The minimum atomic E-state index is -0.548. The van der Waals surface area contributed by atoms with Crippen molar-refractivity contribution in [2.24, 2.45) is 0 Å². The van der Waals surface area contributed by atoms with Crippen molar-refractivity contribution in [3.8, 4) is 17.2 Å². The zero-order valence-corrected chi connectivity index (χ0v) is 18.7. The van der Waals surface area contributed by atoms with E-state index in [9.17, 15) is 4.39 Å². The van der Waals surface area contributed by atoms with Gasteiger partial charge < -0.3 is 25.3 Å². The van der Waals surface area contributed by atoms with Gasteiger partial charge in [0.15, 0.2) is 23.0 Å². The van der Waals surface area contributed by atoms with Crippen LogP contribution in [0.2, 0.25) is 0 Å². The Morgan fingerprint density at radius 2 is 1.88 bits per heavy atom. The summed E-state index contributed by atoms with van der Waals surface area (Å²) < 4.78 is 32.6. The molecular formula is C24H26FN5O3. The number of benzene rings is 2. The third-order valence-corrected chi connectivity index (χ3v) is 5.06. The van der Waals surface area contributed by atoms with Crippen molar-refractivity contribution in [3.05, 3.63) is 66.1 Å². The summed E-state index contributed by atoms with van der Waals surface area (Å²) in [5, 5.41) is 8.74. The average molecular weight is 452 g/mol. The van der Waals surface area contributed by atoms with Crippen molar-refractivity contribution in [2.75, 3.05) is 31.9 Å². The van der Waals surface area contributed by atoms with E-state index in [1.807, 2.05) is 31.2 Å². The summed E-state index contributed by atoms with van der Waals surface area (Å²) in [7, 11) is 3.27. The molecule has 33 heavy (non-hydrogen) atoms. The molecule has 4 aromatic rings. The molecule has 172 valence electrons. The number of nitrogens with one attached hydrogen (secondary N) is 1. The number of ether oxygens (including phenoxy) is 3. The number of nitrogens with two attached hydrogens (primary N) is 1. The number of hydrogen-bond acceptors (Lipinski definition) is 7. The summed E-state index contributed by atoms with van der Waals surface area (Å²) in [6.07, 6.45) is 1.61. The lowest BCUT2D eigenvalue weighted by Crippen LogP contribution is -2.21. The molecule has 9 heteroatoms. The molecule has 3 N–H and O–H groups in total. The van der Waals surface area contributed by atoms with Crippen LogP contribution in [0.4, 0.5) is 15.9 Å². The standard InChI is InChI=1S/C24H26FN5O3/c1-15(14-31-2)28-23-22-21(33-20-9-6-17(26)12-19(20)25)10-11-27-24(22)30(29-23)13-16-4-7-18(32-3)8-5-16/h4-12,15H,13-14,26H2,1-3H3,(H,28,29)/t15-/m0/s1. The summed E-state index contributed by atoms with van der Waals surface area (Å²) in [5.74, 6) is 1.29. The fourth-order valence-electron chi connectivity index (χ4n) is 3.51. The van der Waals surface area contributed by atoms with Crippen LogP contribution in [-0.2, 0) is 11.3 Å². The van der Waals surface area contributed by atoms with Crippen LogP contribution in [0.3, 0.4) is 0 Å². The molecule has 4 rings (SSSR count). The molecule has 0 bridgehead atoms. The lowest BCUT2D eigenvalue weighted by atomic mass is 10.2. The summed E-state index contributed by atoms with van der Waals surface area (Å²) in [6.45, 7) is 2.94. The molecule has 2 aromatic heterocycles. The highest BCUT2D eigenvalue weighted by Crippen LogP contribution is 2.35. The fraction of sp³-hybridized carbons (Fsp3) is 0.250. The van der Waals surface area contributed by atoms with Crippen LogP contribution in [0, 0.1) is 5.82 Å². The summed E-state index contributed by atoms with van der Waals surface area (Å²) >= 11 is 0. The highest BCUT2D eigenvalue weighted by Gasteiger charge is 2.20. The van der Waals surface area contributed by atoms with Gasteiger partial charge in [0.05, 0.1) is 20.3 Å². The molecule has 1 atom stereocenters. The normalized spacial score (nSPS) is 12.0. The molecule has 0 unspecified atom stereocenters. The maximum atomic E-state index is 14.4. The van der Waals surface area contributed by atoms with E-state index in [1.165, 1.54) is 12.1 Å². The van der Waals surface area contributed by atoms with E-state index in [1.54, 1.807) is 37.2 Å². The first-order chi connectivity index (χ1) is 16.0. The van der Waals surface area contributed by atoms with Gasteiger partial charge in [-0.3, -0.25) is 0 Å². The number of fused-ring (bicyclic) bond motifs is 1. The highest BCUT2D eigenvalue weighted by atomic mass is 19.1. The molecule has 0 radical (unpaired) electrons. The molecule has 0 aliphatic carbocycles. The van der Waals surface area contributed by atoms with Crippen molar-refractivity contribution in [2.45, 2.75) is 19.5 Å². The Balaban J connectivity index is 1.76. The van der Waals surface area contributed by atoms with Gasteiger partial charge in [0.2, 0.25) is 0 Å². The minimum absolute atomic E-state index is 0.0242. The number of anilines is 2. The number of halogens is 1. The van der Waals surface area contributed by atoms with Crippen molar-refractivity contribution in [1.29, 1.82) is 0 Å². The van der Waals surface area contributed by atoms with Crippen LogP contribution in [0.5, 0.6) is 17.2 Å². The summed E-state index contributed by atoms with van der Waals surface area (Å²) in [6, 6.07) is 13.7. The lowest BCUT2D eigenvalue weighted by Gasteiger charge is -2.13. The Bertz CT molecular complexity index is 1240. The van der Waals surface area contributed by atoms with E-state index in [0.717, 1.165) is 11.3 Å². The maximum Gasteiger partial charge on any atom is 0.167 e. The molecule has 0 aliphatic heterocycles. The third-order valence-electron chi connectivity index (χ3n) is 5.06. The number of rotatable bonds is 9. The molecule has 0 saturated heterocycles. The lowest BCUT2D eigenvalue weighted by molar-refractivity contribution is 0.190. The van der Waals surface area contributed by atoms with E-state index in [0.29, 0.717) is 41.4 Å². The topological polar surface area (TPSA) is 96.5 Å². The summed E-state index contributed by atoms with van der Waals surface area (Å²) in [5.41, 5.74) is 7.61. The van der Waals surface area contributed by atoms with Gasteiger partial charge in [-0.15, -0.1) is 0 Å². The predicted molar refractivity (Wildman–Crippen MR) is 125 cm³/mol. The first kappa shape index (κ1) is 22.3. The Morgan fingerprint density at radius 1 is 1.09 bits per heavy atom. The molecule has 8 nitrogen and oxygen atoms in total. The second-order valence-electron chi connectivity index (χ2n) is 7.65. The molecule has 2 aromatic carbocycles. The van der Waals surface area contributed by atoms with Crippen LogP contribution in [0.15, 0.2) is 54.7 Å².